The molecule has 0 saturated carbocycles. The second-order valence-corrected chi connectivity index (χ2v) is 7.88. The monoisotopic (exact) mass is 346 g/mol. The Morgan fingerprint density at radius 3 is 2.76 bits per heavy atom. The average Bonchev–Trinajstić information content (AvgIpc) is 3.26. The van der Waals surface area contributed by atoms with E-state index in [9.17, 15) is 9.90 Å². The van der Waals surface area contributed by atoms with Crippen LogP contribution in [-0.2, 0) is 4.74 Å². The number of amides is 2. The Hall–Kier alpha value is -1.59. The molecule has 5 nitrogen and oxygen atoms in total. The number of carbonyl (C=O) groups excluding carboxylic acids is 1. The van der Waals surface area contributed by atoms with Crippen LogP contribution >= 0.6 is 0 Å². The highest BCUT2D eigenvalue weighted by atomic mass is 16.5. The van der Waals surface area contributed by atoms with Crippen LogP contribution in [0.5, 0.6) is 0 Å². The molecule has 0 aromatic heterocycles. The van der Waals surface area contributed by atoms with Gasteiger partial charge in [0.1, 0.15) is 0 Å². The molecule has 2 heterocycles. The van der Waals surface area contributed by atoms with Crippen molar-refractivity contribution in [2.45, 2.75) is 57.2 Å². The fourth-order valence-corrected chi connectivity index (χ4v) is 4.04. The zero-order valence-electron chi connectivity index (χ0n) is 15.3. The third-order valence-electron chi connectivity index (χ3n) is 5.42. The number of likely N-dealkylation sites (tertiary alicyclic amines) is 1. The largest absolute Gasteiger partial charge is 0.388 e. The first-order valence-electron chi connectivity index (χ1n) is 9.37. The van der Waals surface area contributed by atoms with E-state index in [0.717, 1.165) is 44.5 Å². The van der Waals surface area contributed by atoms with Crippen molar-refractivity contribution in [3.8, 4) is 0 Å². The van der Waals surface area contributed by atoms with E-state index in [1.165, 1.54) is 0 Å². The van der Waals surface area contributed by atoms with Crippen LogP contribution in [-0.4, -0.2) is 47.4 Å². The highest BCUT2D eigenvalue weighted by Gasteiger charge is 2.39. The summed E-state index contributed by atoms with van der Waals surface area (Å²) in [5, 5.41) is 13.6. The number of carbonyl (C=O) groups is 1. The number of hydrogen-bond donors (Lipinski definition) is 2. The molecule has 0 spiro atoms. The summed E-state index contributed by atoms with van der Waals surface area (Å²) in [5.41, 5.74) is 0.247. The van der Waals surface area contributed by atoms with Crippen LogP contribution in [0.2, 0.25) is 0 Å². The lowest BCUT2D eigenvalue weighted by Gasteiger charge is -2.35. The zero-order valence-corrected chi connectivity index (χ0v) is 15.3. The lowest BCUT2D eigenvalue weighted by molar-refractivity contribution is 0.00933. The van der Waals surface area contributed by atoms with E-state index in [-0.39, 0.29) is 18.1 Å². The molecule has 0 radical (unpaired) electrons. The number of urea groups is 1. The van der Waals surface area contributed by atoms with Gasteiger partial charge in [0.15, 0.2) is 0 Å². The van der Waals surface area contributed by atoms with E-state index in [1.54, 1.807) is 18.7 Å². The minimum Gasteiger partial charge on any atom is -0.388 e. The molecule has 3 rings (SSSR count). The van der Waals surface area contributed by atoms with Crippen LogP contribution in [0.1, 0.15) is 51.1 Å². The predicted molar refractivity (Wildman–Crippen MR) is 97.3 cm³/mol. The van der Waals surface area contributed by atoms with Crippen LogP contribution in [0.4, 0.5) is 4.79 Å². The molecule has 0 unspecified atom stereocenters. The normalized spacial score (nSPS) is 25.2. The van der Waals surface area contributed by atoms with Gasteiger partial charge in [0.25, 0.3) is 0 Å². The molecule has 2 aliphatic rings. The Balaban J connectivity index is 1.71. The molecule has 138 valence electrons. The van der Waals surface area contributed by atoms with Gasteiger partial charge in [0, 0.05) is 19.8 Å². The van der Waals surface area contributed by atoms with Gasteiger partial charge in [-0.05, 0) is 51.0 Å². The van der Waals surface area contributed by atoms with Crippen LogP contribution in [0.25, 0.3) is 0 Å². The highest BCUT2D eigenvalue weighted by molar-refractivity contribution is 5.75. The van der Waals surface area contributed by atoms with E-state index < -0.39 is 5.60 Å². The second kappa shape index (κ2) is 7.75. The Morgan fingerprint density at radius 2 is 2.12 bits per heavy atom. The SMILES string of the molecule is CC(C)(O)[C@@H]1CCCN1C(=O)N[C@H](C[C@@H]1CCOC1)c1ccccc1. The van der Waals surface area contributed by atoms with E-state index in [2.05, 4.69) is 17.4 Å². The predicted octanol–water partition coefficient (Wildman–Crippen LogP) is 3.10. The third-order valence-corrected chi connectivity index (χ3v) is 5.42. The Kier molecular flexibility index (Phi) is 5.64. The second-order valence-electron chi connectivity index (χ2n) is 7.88. The molecule has 25 heavy (non-hydrogen) atoms. The Bertz CT molecular complexity index is 564. The molecule has 3 atom stereocenters. The number of benzene rings is 1. The number of aliphatic hydroxyl groups is 1. The summed E-state index contributed by atoms with van der Waals surface area (Å²) in [6, 6.07) is 9.92. The van der Waals surface area contributed by atoms with E-state index in [4.69, 9.17) is 4.74 Å². The minimum absolute atomic E-state index is 0.0246. The topological polar surface area (TPSA) is 61.8 Å². The number of nitrogens with zero attached hydrogens (tertiary/aromatic N) is 1. The van der Waals surface area contributed by atoms with Crippen molar-refractivity contribution in [1.29, 1.82) is 0 Å². The van der Waals surface area contributed by atoms with E-state index in [0.29, 0.717) is 12.5 Å². The summed E-state index contributed by atoms with van der Waals surface area (Å²) in [7, 11) is 0. The lowest BCUT2D eigenvalue weighted by Crippen LogP contribution is -2.52. The molecule has 2 amide bonds. The van der Waals surface area contributed by atoms with Gasteiger partial charge in [-0.1, -0.05) is 30.3 Å². The number of rotatable bonds is 5. The zero-order chi connectivity index (χ0) is 17.9. The summed E-state index contributed by atoms with van der Waals surface area (Å²) < 4.78 is 5.50. The number of nitrogens with one attached hydrogen (secondary N) is 1. The quantitative estimate of drug-likeness (QED) is 0.861. The first-order valence-corrected chi connectivity index (χ1v) is 9.37. The maximum atomic E-state index is 12.9. The fraction of sp³-hybridized carbons (Fsp3) is 0.650. The summed E-state index contributed by atoms with van der Waals surface area (Å²) in [6.45, 7) is 5.86. The van der Waals surface area contributed by atoms with Crippen LogP contribution < -0.4 is 5.32 Å². The van der Waals surface area contributed by atoms with E-state index >= 15 is 0 Å². The molecule has 2 aliphatic heterocycles. The Morgan fingerprint density at radius 1 is 1.36 bits per heavy atom. The van der Waals surface area contributed by atoms with Crippen molar-refractivity contribution in [1.82, 2.24) is 10.2 Å². The van der Waals surface area contributed by atoms with Crippen molar-refractivity contribution in [3.05, 3.63) is 35.9 Å². The van der Waals surface area contributed by atoms with Crippen molar-refractivity contribution >= 4 is 6.03 Å². The molecular formula is C20H30N2O3. The summed E-state index contributed by atoms with van der Waals surface area (Å²) in [5.74, 6) is 0.481. The van der Waals surface area contributed by atoms with Crippen molar-refractivity contribution in [2.24, 2.45) is 5.92 Å². The van der Waals surface area contributed by atoms with E-state index in [1.807, 2.05) is 18.2 Å². The fourth-order valence-electron chi connectivity index (χ4n) is 4.04. The van der Waals surface area contributed by atoms with Gasteiger partial charge in [-0.25, -0.2) is 4.79 Å². The molecule has 2 N–H and O–H groups in total. The Labute approximate surface area is 150 Å². The van der Waals surface area contributed by atoms with Gasteiger partial charge < -0.3 is 20.1 Å². The molecule has 2 saturated heterocycles. The van der Waals surface area contributed by atoms with Gasteiger partial charge in [0.05, 0.1) is 17.7 Å². The van der Waals surface area contributed by atoms with Crippen LogP contribution in [0.3, 0.4) is 0 Å². The van der Waals surface area contributed by atoms with Crippen molar-refractivity contribution in [3.63, 3.8) is 0 Å². The molecule has 0 bridgehead atoms. The molecule has 2 fully saturated rings. The van der Waals surface area contributed by atoms with Gasteiger partial charge in [-0.2, -0.15) is 0 Å². The molecule has 1 aromatic rings. The van der Waals surface area contributed by atoms with Gasteiger partial charge in [0.2, 0.25) is 0 Å². The first kappa shape index (κ1) is 18.2. The summed E-state index contributed by atoms with van der Waals surface area (Å²) in [4.78, 5) is 14.7. The molecule has 5 heteroatoms. The standard InChI is InChI=1S/C20H30N2O3/c1-20(2,24)18-9-6-11-22(18)19(23)21-17(13-15-10-12-25-14-15)16-7-4-3-5-8-16/h3-5,7-8,15,17-18,24H,6,9-14H2,1-2H3,(H,21,23)/t15-,17+,18-/m0/s1. The highest BCUT2D eigenvalue weighted by Crippen LogP contribution is 2.30. The van der Waals surface area contributed by atoms with Gasteiger partial charge in [-0.15, -0.1) is 0 Å². The number of ether oxygens (including phenoxy) is 1. The molecule has 1 aromatic carbocycles. The maximum Gasteiger partial charge on any atom is 0.318 e. The minimum atomic E-state index is -0.880. The van der Waals surface area contributed by atoms with Gasteiger partial charge in [-0.3, -0.25) is 0 Å². The smallest absolute Gasteiger partial charge is 0.318 e. The maximum absolute atomic E-state index is 12.9. The van der Waals surface area contributed by atoms with Crippen molar-refractivity contribution in [2.75, 3.05) is 19.8 Å². The summed E-state index contributed by atoms with van der Waals surface area (Å²) >= 11 is 0. The molecule has 0 aliphatic carbocycles. The van der Waals surface area contributed by atoms with Crippen LogP contribution in [0.15, 0.2) is 30.3 Å². The number of hydrogen-bond acceptors (Lipinski definition) is 3. The first-order chi connectivity index (χ1) is 11.9. The lowest BCUT2D eigenvalue weighted by atomic mass is 9.94. The van der Waals surface area contributed by atoms with Crippen LogP contribution in [0, 0.1) is 5.92 Å². The molecular weight excluding hydrogens is 316 g/mol. The summed E-state index contributed by atoms with van der Waals surface area (Å²) in [6.07, 6.45) is 3.73. The van der Waals surface area contributed by atoms with Gasteiger partial charge >= 0.3 is 6.03 Å². The third kappa shape index (κ3) is 4.53. The average molecular weight is 346 g/mol. The van der Waals surface area contributed by atoms with Crippen molar-refractivity contribution < 1.29 is 14.6 Å².